The van der Waals surface area contributed by atoms with Crippen molar-refractivity contribution >= 4 is 34.2 Å². The number of carbonyl (C=O) groups excluding carboxylic acids is 4. The average Bonchev–Trinajstić information content (AvgIpc) is 2.67. The van der Waals surface area contributed by atoms with Crippen molar-refractivity contribution in [3.8, 4) is 5.75 Å². The lowest BCUT2D eigenvalue weighted by Crippen LogP contribution is -2.48. The maximum atomic E-state index is 13.3. The van der Waals surface area contributed by atoms with Crippen LogP contribution < -0.4 is 15.8 Å². The molecular weight excluding hydrogens is 360 g/mol. The normalized spacial score (nSPS) is 21.8. The number of carbonyl (C=O) groups is 4. The number of imide groups is 1. The van der Waals surface area contributed by atoms with Gasteiger partial charge < -0.3 is 10.5 Å². The summed E-state index contributed by atoms with van der Waals surface area (Å²) in [6.45, 7) is 0.917. The number of nitrogens with one attached hydrogen (secondary N) is 1. The van der Waals surface area contributed by atoms with E-state index >= 15 is 0 Å². The molecule has 0 bridgehead atoms. The molecule has 4 rings (SSSR count). The largest absolute Gasteiger partial charge is 0.494 e. The number of rotatable bonds is 5. The molecule has 1 aliphatic carbocycles. The SMILES string of the molecule is NCCCOc1cc2c3c(cccc3c1)C(=O)C(C1CCC(=O)NC1=O)C2=O. The molecule has 2 aromatic rings. The molecule has 0 spiro atoms. The highest BCUT2D eigenvalue weighted by Crippen LogP contribution is 2.39. The number of piperidine rings is 1. The van der Waals surface area contributed by atoms with Crippen LogP contribution in [-0.2, 0) is 9.59 Å². The molecule has 1 saturated heterocycles. The van der Waals surface area contributed by atoms with Gasteiger partial charge in [-0.05, 0) is 36.9 Å². The second-order valence-corrected chi connectivity index (χ2v) is 7.13. The maximum Gasteiger partial charge on any atom is 0.230 e. The Kier molecular flexibility index (Phi) is 4.68. The standard InChI is InChI=1S/C21H20N2O5/c22-7-2-8-28-12-9-11-3-1-4-13-17(11)15(10-12)20(26)18(19(13)25)14-5-6-16(24)23-21(14)27/h1,3-4,9-10,14,18H,2,5-8,22H2,(H,23,24,27). The number of Topliss-reactive ketones (excluding diaryl/α,β-unsaturated/α-hetero) is 2. The average molecular weight is 380 g/mol. The third kappa shape index (κ3) is 2.97. The van der Waals surface area contributed by atoms with Gasteiger partial charge in [-0.25, -0.2) is 0 Å². The number of hydrogen-bond acceptors (Lipinski definition) is 6. The minimum atomic E-state index is -1.12. The first-order valence-electron chi connectivity index (χ1n) is 9.33. The highest BCUT2D eigenvalue weighted by Gasteiger charge is 2.45. The van der Waals surface area contributed by atoms with Gasteiger partial charge in [0, 0.05) is 22.9 Å². The number of benzene rings is 2. The molecule has 0 radical (unpaired) electrons. The van der Waals surface area contributed by atoms with Gasteiger partial charge in [0.25, 0.3) is 0 Å². The Morgan fingerprint density at radius 2 is 1.86 bits per heavy atom. The fourth-order valence-corrected chi connectivity index (χ4v) is 4.00. The Bertz CT molecular complexity index is 1010. The molecule has 1 heterocycles. The van der Waals surface area contributed by atoms with Gasteiger partial charge in [0.05, 0.1) is 18.4 Å². The van der Waals surface area contributed by atoms with Gasteiger partial charge in [0.1, 0.15) is 5.75 Å². The van der Waals surface area contributed by atoms with E-state index in [1.807, 2.05) is 6.07 Å². The predicted molar refractivity (Wildman–Crippen MR) is 101 cm³/mol. The van der Waals surface area contributed by atoms with E-state index in [-0.39, 0.29) is 24.5 Å². The van der Waals surface area contributed by atoms with Crippen LogP contribution in [0.5, 0.6) is 5.75 Å². The van der Waals surface area contributed by atoms with Crippen molar-refractivity contribution in [2.75, 3.05) is 13.2 Å². The van der Waals surface area contributed by atoms with E-state index in [1.165, 1.54) is 0 Å². The number of nitrogens with two attached hydrogens (primary N) is 1. The zero-order chi connectivity index (χ0) is 19.8. The van der Waals surface area contributed by atoms with Crippen LogP contribution >= 0.6 is 0 Å². The number of ketones is 2. The third-order valence-corrected chi connectivity index (χ3v) is 5.35. The topological polar surface area (TPSA) is 116 Å². The Labute approximate surface area is 161 Å². The summed E-state index contributed by atoms with van der Waals surface area (Å²) < 4.78 is 5.71. The molecule has 1 fully saturated rings. The Morgan fingerprint density at radius 1 is 1.07 bits per heavy atom. The second kappa shape index (κ2) is 7.16. The molecule has 1 aliphatic heterocycles. The first-order valence-corrected chi connectivity index (χ1v) is 9.33. The molecule has 0 aromatic heterocycles. The van der Waals surface area contributed by atoms with Crippen molar-refractivity contribution in [1.82, 2.24) is 5.32 Å². The summed E-state index contributed by atoms with van der Waals surface area (Å²) in [5, 5.41) is 3.57. The molecule has 2 aromatic carbocycles. The van der Waals surface area contributed by atoms with Gasteiger partial charge in [-0.15, -0.1) is 0 Å². The fourth-order valence-electron chi connectivity index (χ4n) is 4.00. The second-order valence-electron chi connectivity index (χ2n) is 7.13. The summed E-state index contributed by atoms with van der Waals surface area (Å²) in [5.41, 5.74) is 6.30. The molecule has 7 heteroatoms. The molecule has 2 aliphatic rings. The Hall–Kier alpha value is -3.06. The third-order valence-electron chi connectivity index (χ3n) is 5.35. The minimum absolute atomic E-state index is 0.118. The van der Waals surface area contributed by atoms with Gasteiger partial charge in [0.2, 0.25) is 11.8 Å². The fraction of sp³-hybridized carbons (Fsp3) is 0.333. The lowest BCUT2D eigenvalue weighted by atomic mass is 9.71. The van der Waals surface area contributed by atoms with Crippen LogP contribution in [0.4, 0.5) is 0 Å². The van der Waals surface area contributed by atoms with Crippen LogP contribution in [-0.4, -0.2) is 36.5 Å². The zero-order valence-electron chi connectivity index (χ0n) is 15.2. The van der Waals surface area contributed by atoms with Crippen LogP contribution in [0.2, 0.25) is 0 Å². The van der Waals surface area contributed by atoms with Crippen LogP contribution in [0, 0.1) is 11.8 Å². The lowest BCUT2D eigenvalue weighted by molar-refractivity contribution is -0.137. The van der Waals surface area contributed by atoms with Gasteiger partial charge >= 0.3 is 0 Å². The van der Waals surface area contributed by atoms with Gasteiger partial charge in [0.15, 0.2) is 11.6 Å². The Morgan fingerprint density at radius 3 is 2.61 bits per heavy atom. The number of ether oxygens (including phenoxy) is 1. The predicted octanol–water partition coefficient (Wildman–Crippen LogP) is 1.62. The molecular formula is C21H20N2O5. The van der Waals surface area contributed by atoms with Crippen LogP contribution in [0.25, 0.3) is 10.8 Å². The molecule has 0 saturated carbocycles. The summed E-state index contributed by atoms with van der Waals surface area (Å²) in [6, 6.07) is 8.68. The maximum absolute atomic E-state index is 13.3. The van der Waals surface area contributed by atoms with Gasteiger partial charge in [-0.1, -0.05) is 18.2 Å². The van der Waals surface area contributed by atoms with Crippen molar-refractivity contribution in [2.24, 2.45) is 17.6 Å². The molecule has 2 unspecified atom stereocenters. The highest BCUT2D eigenvalue weighted by molar-refractivity contribution is 6.30. The molecule has 28 heavy (non-hydrogen) atoms. The van der Waals surface area contributed by atoms with Gasteiger partial charge in [-0.3, -0.25) is 24.5 Å². The van der Waals surface area contributed by atoms with Gasteiger partial charge in [-0.2, -0.15) is 0 Å². The van der Waals surface area contributed by atoms with E-state index in [1.54, 1.807) is 24.3 Å². The van der Waals surface area contributed by atoms with Crippen LogP contribution in [0.3, 0.4) is 0 Å². The molecule has 3 N–H and O–H groups in total. The quantitative estimate of drug-likeness (QED) is 0.463. The summed E-state index contributed by atoms with van der Waals surface area (Å²) in [5.74, 6) is -3.14. The first-order chi connectivity index (χ1) is 13.5. The van der Waals surface area contributed by atoms with E-state index in [0.29, 0.717) is 41.8 Å². The molecule has 7 nitrogen and oxygen atoms in total. The summed E-state index contributed by atoms with van der Waals surface area (Å²) in [4.78, 5) is 50.1. The summed E-state index contributed by atoms with van der Waals surface area (Å²) in [7, 11) is 0. The van der Waals surface area contributed by atoms with E-state index in [4.69, 9.17) is 10.5 Å². The monoisotopic (exact) mass is 380 g/mol. The van der Waals surface area contributed by atoms with E-state index in [0.717, 1.165) is 5.39 Å². The zero-order valence-corrected chi connectivity index (χ0v) is 15.2. The van der Waals surface area contributed by atoms with Crippen LogP contribution in [0.1, 0.15) is 40.0 Å². The van der Waals surface area contributed by atoms with E-state index < -0.39 is 23.5 Å². The van der Waals surface area contributed by atoms with Crippen molar-refractivity contribution in [3.63, 3.8) is 0 Å². The lowest BCUT2D eigenvalue weighted by Gasteiger charge is -2.30. The number of amides is 2. The van der Waals surface area contributed by atoms with Crippen molar-refractivity contribution in [3.05, 3.63) is 41.5 Å². The van der Waals surface area contributed by atoms with Crippen molar-refractivity contribution < 1.29 is 23.9 Å². The van der Waals surface area contributed by atoms with E-state index in [2.05, 4.69) is 5.32 Å². The summed E-state index contributed by atoms with van der Waals surface area (Å²) in [6.07, 6.45) is 0.982. The van der Waals surface area contributed by atoms with Crippen LogP contribution in [0.15, 0.2) is 30.3 Å². The molecule has 144 valence electrons. The Balaban J connectivity index is 1.78. The van der Waals surface area contributed by atoms with Crippen molar-refractivity contribution in [1.29, 1.82) is 0 Å². The summed E-state index contributed by atoms with van der Waals surface area (Å²) >= 11 is 0. The first kappa shape index (κ1) is 18.3. The highest BCUT2D eigenvalue weighted by atomic mass is 16.5. The molecule has 2 amide bonds. The smallest absolute Gasteiger partial charge is 0.230 e. The number of hydrogen-bond donors (Lipinski definition) is 2. The van der Waals surface area contributed by atoms with Crippen molar-refractivity contribution in [2.45, 2.75) is 19.3 Å². The van der Waals surface area contributed by atoms with E-state index in [9.17, 15) is 19.2 Å². The molecule has 2 atom stereocenters. The minimum Gasteiger partial charge on any atom is -0.494 e.